The summed E-state index contributed by atoms with van der Waals surface area (Å²) in [6, 6.07) is 0.759. The lowest BCUT2D eigenvalue weighted by Gasteiger charge is -2.14. The molecule has 1 aliphatic heterocycles. The van der Waals surface area contributed by atoms with Crippen LogP contribution in [0.5, 0.6) is 0 Å². The van der Waals surface area contributed by atoms with Gasteiger partial charge in [-0.3, -0.25) is 4.79 Å². The lowest BCUT2D eigenvalue weighted by molar-refractivity contribution is -0.121. The minimum atomic E-state index is 0.166. The van der Waals surface area contributed by atoms with Gasteiger partial charge in [-0.15, -0.1) is 0 Å². The second kappa shape index (κ2) is 6.80. The number of rotatable bonds is 6. The number of carbonyl (C=O) groups is 1. The molecule has 1 rings (SSSR count). The molecule has 1 saturated heterocycles. The Morgan fingerprint density at radius 3 is 3.00 bits per heavy atom. The Labute approximate surface area is 92.2 Å². The fraction of sp³-hybridized carbons (Fsp3) is 0.909. The van der Waals surface area contributed by atoms with E-state index in [1.165, 1.54) is 6.42 Å². The van der Waals surface area contributed by atoms with Gasteiger partial charge in [0.25, 0.3) is 0 Å². The van der Waals surface area contributed by atoms with Crippen LogP contribution in [0, 0.1) is 0 Å². The van der Waals surface area contributed by atoms with E-state index in [0.717, 1.165) is 26.1 Å². The van der Waals surface area contributed by atoms with Crippen molar-refractivity contribution in [1.29, 1.82) is 0 Å². The molecule has 0 bridgehead atoms. The lowest BCUT2D eigenvalue weighted by Crippen LogP contribution is -2.40. The zero-order chi connectivity index (χ0) is 11.1. The van der Waals surface area contributed by atoms with E-state index in [9.17, 15) is 4.79 Å². The summed E-state index contributed by atoms with van der Waals surface area (Å²) in [5.41, 5.74) is 0. The highest BCUT2D eigenvalue weighted by Gasteiger charge is 2.17. The smallest absolute Gasteiger partial charge is 0.221 e. The molecule has 1 heterocycles. The summed E-state index contributed by atoms with van der Waals surface area (Å²) in [4.78, 5) is 11.5. The molecule has 88 valence electrons. The van der Waals surface area contributed by atoms with Crippen LogP contribution >= 0.6 is 0 Å². The van der Waals surface area contributed by atoms with E-state index >= 15 is 0 Å². The van der Waals surface area contributed by atoms with Gasteiger partial charge in [0, 0.05) is 25.0 Å². The van der Waals surface area contributed by atoms with Crippen molar-refractivity contribution >= 4 is 5.91 Å². The molecule has 1 aliphatic rings. The number of nitrogens with one attached hydrogen (secondary N) is 3. The van der Waals surface area contributed by atoms with Gasteiger partial charge in [0.1, 0.15) is 0 Å². The van der Waals surface area contributed by atoms with Gasteiger partial charge in [0.05, 0.1) is 0 Å². The average Bonchev–Trinajstić information content (AvgIpc) is 2.68. The van der Waals surface area contributed by atoms with Crippen LogP contribution < -0.4 is 16.0 Å². The summed E-state index contributed by atoms with van der Waals surface area (Å²) in [6.07, 6.45) is 2.96. The third-order valence-corrected chi connectivity index (χ3v) is 2.75. The Balaban J connectivity index is 2.07. The normalized spacial score (nSPS) is 22.7. The number of carbonyl (C=O) groups excluding carboxylic acids is 1. The maximum absolute atomic E-state index is 11.5. The van der Waals surface area contributed by atoms with Gasteiger partial charge >= 0.3 is 0 Å². The van der Waals surface area contributed by atoms with Crippen molar-refractivity contribution in [3.8, 4) is 0 Å². The molecule has 1 fully saturated rings. The standard InChI is InChI=1S/C11H23N3O/c1-3-12-9(2)8-14-11(15)7-10-5-4-6-13-10/h9-10,12-13H,3-8H2,1-2H3,(H,14,15)/t9-,10?/m1/s1. The number of amides is 1. The number of likely N-dealkylation sites (N-methyl/N-ethyl adjacent to an activating group) is 1. The molecule has 0 aromatic carbocycles. The van der Waals surface area contributed by atoms with Crippen molar-refractivity contribution in [2.75, 3.05) is 19.6 Å². The van der Waals surface area contributed by atoms with Crippen LogP contribution in [0.25, 0.3) is 0 Å². The zero-order valence-electron chi connectivity index (χ0n) is 9.81. The summed E-state index contributed by atoms with van der Waals surface area (Å²) in [5, 5.41) is 9.54. The van der Waals surface area contributed by atoms with E-state index < -0.39 is 0 Å². The summed E-state index contributed by atoms with van der Waals surface area (Å²) >= 11 is 0. The van der Waals surface area contributed by atoms with Gasteiger partial charge < -0.3 is 16.0 Å². The highest BCUT2D eigenvalue weighted by molar-refractivity contribution is 5.76. The van der Waals surface area contributed by atoms with Crippen LogP contribution in [0.1, 0.15) is 33.1 Å². The first-order valence-electron chi connectivity index (χ1n) is 5.95. The molecule has 4 heteroatoms. The fourth-order valence-corrected chi connectivity index (χ4v) is 1.91. The summed E-state index contributed by atoms with van der Waals surface area (Å²) in [7, 11) is 0. The monoisotopic (exact) mass is 213 g/mol. The molecule has 0 saturated carbocycles. The van der Waals surface area contributed by atoms with E-state index in [4.69, 9.17) is 0 Å². The van der Waals surface area contributed by atoms with Crippen LogP contribution in [0.15, 0.2) is 0 Å². The van der Waals surface area contributed by atoms with E-state index in [2.05, 4.69) is 29.8 Å². The van der Waals surface area contributed by atoms with Gasteiger partial charge in [-0.25, -0.2) is 0 Å². The van der Waals surface area contributed by atoms with Crippen molar-refractivity contribution in [1.82, 2.24) is 16.0 Å². The second-order valence-electron chi connectivity index (χ2n) is 4.26. The SMILES string of the molecule is CCN[C@H](C)CNC(=O)CC1CCCN1. The fourth-order valence-electron chi connectivity index (χ4n) is 1.91. The molecule has 1 amide bonds. The van der Waals surface area contributed by atoms with Gasteiger partial charge in [-0.1, -0.05) is 6.92 Å². The van der Waals surface area contributed by atoms with Crippen LogP contribution in [0.2, 0.25) is 0 Å². The molecule has 0 aliphatic carbocycles. The van der Waals surface area contributed by atoms with Crippen LogP contribution in [-0.2, 0) is 4.79 Å². The molecule has 1 unspecified atom stereocenters. The van der Waals surface area contributed by atoms with Crippen LogP contribution in [0.3, 0.4) is 0 Å². The predicted molar refractivity (Wildman–Crippen MR) is 61.8 cm³/mol. The topological polar surface area (TPSA) is 53.2 Å². The highest BCUT2D eigenvalue weighted by Crippen LogP contribution is 2.07. The van der Waals surface area contributed by atoms with Gasteiger partial charge in [-0.2, -0.15) is 0 Å². The zero-order valence-corrected chi connectivity index (χ0v) is 9.81. The Morgan fingerprint density at radius 1 is 1.60 bits per heavy atom. The third-order valence-electron chi connectivity index (χ3n) is 2.75. The minimum Gasteiger partial charge on any atom is -0.355 e. The first-order chi connectivity index (χ1) is 7.22. The van der Waals surface area contributed by atoms with Crippen molar-refractivity contribution in [2.24, 2.45) is 0 Å². The van der Waals surface area contributed by atoms with E-state index in [1.54, 1.807) is 0 Å². The summed E-state index contributed by atoms with van der Waals surface area (Å²) < 4.78 is 0. The van der Waals surface area contributed by atoms with E-state index in [1.807, 2.05) is 0 Å². The average molecular weight is 213 g/mol. The Hall–Kier alpha value is -0.610. The lowest BCUT2D eigenvalue weighted by atomic mass is 10.1. The van der Waals surface area contributed by atoms with Crippen molar-refractivity contribution < 1.29 is 4.79 Å². The Morgan fingerprint density at radius 2 is 2.40 bits per heavy atom. The van der Waals surface area contributed by atoms with Gasteiger partial charge in [-0.05, 0) is 32.9 Å². The minimum absolute atomic E-state index is 0.166. The number of hydrogen-bond acceptors (Lipinski definition) is 3. The largest absolute Gasteiger partial charge is 0.355 e. The number of hydrogen-bond donors (Lipinski definition) is 3. The van der Waals surface area contributed by atoms with Crippen molar-refractivity contribution in [3.05, 3.63) is 0 Å². The molecule has 4 nitrogen and oxygen atoms in total. The van der Waals surface area contributed by atoms with Crippen molar-refractivity contribution in [2.45, 2.75) is 45.2 Å². The Bertz CT molecular complexity index is 190. The quantitative estimate of drug-likeness (QED) is 0.592. The van der Waals surface area contributed by atoms with Gasteiger partial charge in [0.2, 0.25) is 5.91 Å². The first kappa shape index (κ1) is 12.5. The van der Waals surface area contributed by atoms with Crippen molar-refractivity contribution in [3.63, 3.8) is 0 Å². The Kier molecular flexibility index (Phi) is 5.65. The predicted octanol–water partition coefficient (Wildman–Crippen LogP) is 0.243. The third kappa shape index (κ3) is 5.14. The molecule has 0 spiro atoms. The highest BCUT2D eigenvalue weighted by atomic mass is 16.1. The summed E-state index contributed by atoms with van der Waals surface area (Å²) in [6.45, 7) is 6.88. The van der Waals surface area contributed by atoms with Gasteiger partial charge in [0.15, 0.2) is 0 Å². The molecule has 2 atom stereocenters. The molecule has 3 N–H and O–H groups in total. The van der Waals surface area contributed by atoms with E-state index in [-0.39, 0.29) is 5.91 Å². The molecule has 0 aromatic rings. The maximum atomic E-state index is 11.5. The van der Waals surface area contributed by atoms with E-state index in [0.29, 0.717) is 18.5 Å². The second-order valence-corrected chi connectivity index (χ2v) is 4.26. The van der Waals surface area contributed by atoms with Crippen LogP contribution in [-0.4, -0.2) is 37.6 Å². The molecular formula is C11H23N3O. The molecule has 0 aromatic heterocycles. The maximum Gasteiger partial charge on any atom is 0.221 e. The summed E-state index contributed by atoms with van der Waals surface area (Å²) in [5.74, 6) is 0.166. The molecular weight excluding hydrogens is 190 g/mol. The van der Waals surface area contributed by atoms with Crippen LogP contribution in [0.4, 0.5) is 0 Å². The molecule has 0 radical (unpaired) electrons. The first-order valence-corrected chi connectivity index (χ1v) is 5.95. The molecule has 15 heavy (non-hydrogen) atoms.